The average Bonchev–Trinajstić information content (AvgIpc) is 1.65. The van der Waals surface area contributed by atoms with Gasteiger partial charge >= 0.3 is 0 Å². The summed E-state index contributed by atoms with van der Waals surface area (Å²) in [6.45, 7) is 6.72. The van der Waals surface area contributed by atoms with Gasteiger partial charge < -0.3 is 0 Å². The topological polar surface area (TPSA) is 0 Å². The lowest BCUT2D eigenvalue weighted by Crippen LogP contribution is -1.38. The first-order valence-electron chi connectivity index (χ1n) is 1.53. The zero-order chi connectivity index (χ0) is 4.99. The third-order valence-corrected chi connectivity index (χ3v) is 7.60. The lowest BCUT2D eigenvalue weighted by atomic mass is 11.3. The maximum atomic E-state index is 3.64. The lowest BCUT2D eigenvalue weighted by molar-refractivity contribution is 2.40. The minimum absolute atomic E-state index is 0.132. The van der Waals surface area contributed by atoms with E-state index in [-0.39, 0.29) is 7.61 Å². The van der Waals surface area contributed by atoms with Gasteiger partial charge in [-0.3, -0.25) is 0 Å². The van der Waals surface area contributed by atoms with Crippen LogP contribution in [0.3, 0.4) is 0 Å². The molecule has 0 aromatic rings. The largest absolute Gasteiger partial charge is 0.0982 e. The smallest absolute Gasteiger partial charge is 0.0213 e. The maximum absolute atomic E-state index is 3.64. The molecule has 3 heteroatoms. The van der Waals surface area contributed by atoms with E-state index in [2.05, 4.69) is 28.7 Å². The van der Waals surface area contributed by atoms with Crippen LogP contribution in [0.2, 0.25) is 0 Å². The van der Waals surface area contributed by atoms with E-state index < -0.39 is 0 Å². The van der Waals surface area contributed by atoms with Crippen molar-refractivity contribution in [2.75, 3.05) is 6.66 Å². The molecule has 0 fully saturated rings. The normalized spacial score (nSPS) is 15.7. The molecule has 0 N–H and O–H groups in total. The van der Waals surface area contributed by atoms with Gasteiger partial charge in [-0.25, -0.2) is 0 Å². The fourth-order valence-electron chi connectivity index (χ4n) is 0.0345. The van der Waals surface area contributed by atoms with Crippen LogP contribution in [-0.2, 0) is 0 Å². The highest BCUT2D eigenvalue weighted by Crippen LogP contribution is 2.57. The molecule has 0 aromatic heterocycles. The molecule has 0 bridgehead atoms. The van der Waals surface area contributed by atoms with Gasteiger partial charge in [0, 0.05) is 0 Å². The number of halogens is 1. The van der Waals surface area contributed by atoms with Crippen LogP contribution in [0.1, 0.15) is 0 Å². The standard InChI is InChI=1S/C3H7BrP2/c1-3-6(2)5-4/h3,5H,1H2,2H3. The van der Waals surface area contributed by atoms with Crippen molar-refractivity contribution in [3.8, 4) is 0 Å². The van der Waals surface area contributed by atoms with E-state index in [1.165, 1.54) is 0 Å². The van der Waals surface area contributed by atoms with Gasteiger partial charge in [0.05, 0.1) is 0 Å². The molecule has 6 heavy (non-hydrogen) atoms. The molecule has 0 amide bonds. The Morgan fingerprint density at radius 3 is 2.50 bits per heavy atom. The second-order valence-corrected chi connectivity index (χ2v) is 8.45. The van der Waals surface area contributed by atoms with Crippen molar-refractivity contribution in [2.45, 2.75) is 0 Å². The third kappa shape index (κ3) is 3.28. The molecule has 0 aliphatic rings. The molecule has 0 saturated carbocycles. The number of rotatable bonds is 2. The van der Waals surface area contributed by atoms with Gasteiger partial charge in [0.15, 0.2) is 0 Å². The molecule has 0 rings (SSSR count). The van der Waals surface area contributed by atoms with Crippen LogP contribution in [0.15, 0.2) is 12.4 Å². The van der Waals surface area contributed by atoms with Gasteiger partial charge in [-0.05, 0) is 13.6 Å². The monoisotopic (exact) mass is 184 g/mol. The Kier molecular flexibility index (Phi) is 5.01. The van der Waals surface area contributed by atoms with Crippen molar-refractivity contribution < 1.29 is 0 Å². The summed E-state index contributed by atoms with van der Waals surface area (Å²) < 4.78 is 0. The zero-order valence-electron chi connectivity index (χ0n) is 3.61. The summed E-state index contributed by atoms with van der Waals surface area (Å²) in [5, 5.41) is 0. The van der Waals surface area contributed by atoms with E-state index in [1.807, 2.05) is 5.82 Å². The number of hydrogen-bond donors (Lipinski definition) is 0. The van der Waals surface area contributed by atoms with E-state index in [4.69, 9.17) is 0 Å². The van der Waals surface area contributed by atoms with Crippen molar-refractivity contribution in [3.05, 3.63) is 12.4 Å². The van der Waals surface area contributed by atoms with Gasteiger partial charge in [0.1, 0.15) is 0 Å². The summed E-state index contributed by atoms with van der Waals surface area (Å²) in [5.74, 6) is 2.00. The van der Waals surface area contributed by atoms with Gasteiger partial charge in [-0.15, -0.1) is 0 Å². The van der Waals surface area contributed by atoms with Crippen LogP contribution in [-0.4, -0.2) is 6.66 Å². The van der Waals surface area contributed by atoms with Crippen LogP contribution in [0.5, 0.6) is 0 Å². The van der Waals surface area contributed by atoms with Crippen LogP contribution in [0.25, 0.3) is 0 Å². The minimum atomic E-state index is 0.132. The Labute approximate surface area is 49.6 Å². The predicted octanol–water partition coefficient (Wildman–Crippen LogP) is 3.15. The van der Waals surface area contributed by atoms with Crippen molar-refractivity contribution in [3.63, 3.8) is 0 Å². The maximum Gasteiger partial charge on any atom is -0.0213 e. The molecule has 0 aliphatic heterocycles. The summed E-state index contributed by atoms with van der Waals surface area (Å²) in [5.41, 5.74) is 0. The van der Waals surface area contributed by atoms with Crippen LogP contribution in [0.4, 0.5) is 0 Å². The summed E-state index contributed by atoms with van der Waals surface area (Å²) >= 11 is 3.36. The molecular formula is C3H7BrP2. The molecular weight excluding hydrogens is 178 g/mol. The predicted molar refractivity (Wildman–Crippen MR) is 40.3 cm³/mol. The van der Waals surface area contributed by atoms with E-state index in [0.717, 1.165) is 6.97 Å². The molecule has 0 heterocycles. The van der Waals surface area contributed by atoms with Crippen LogP contribution < -0.4 is 0 Å². The van der Waals surface area contributed by atoms with E-state index in [0.29, 0.717) is 0 Å². The highest BCUT2D eigenvalue weighted by atomic mass is 79.9. The molecule has 2 atom stereocenters. The van der Waals surface area contributed by atoms with Crippen molar-refractivity contribution in [2.24, 2.45) is 0 Å². The first-order valence-corrected chi connectivity index (χ1v) is 7.48. The molecule has 36 valence electrons. The average molecular weight is 185 g/mol. The van der Waals surface area contributed by atoms with Crippen molar-refractivity contribution >= 4 is 30.1 Å². The Morgan fingerprint density at radius 1 is 2.00 bits per heavy atom. The zero-order valence-corrected chi connectivity index (χ0v) is 7.09. The quantitative estimate of drug-likeness (QED) is 0.579. The summed E-state index contributed by atoms with van der Waals surface area (Å²) in [6.07, 6.45) is 0. The Hall–Kier alpha value is 1.08. The van der Waals surface area contributed by atoms with Crippen molar-refractivity contribution in [1.29, 1.82) is 0 Å². The van der Waals surface area contributed by atoms with Crippen LogP contribution in [0, 0.1) is 0 Å². The fourth-order valence-corrected chi connectivity index (χ4v) is 1.61. The second kappa shape index (κ2) is 4.24. The second-order valence-electron chi connectivity index (χ2n) is 0.878. The van der Waals surface area contributed by atoms with E-state index >= 15 is 0 Å². The lowest BCUT2D eigenvalue weighted by Gasteiger charge is -1.93. The highest BCUT2D eigenvalue weighted by molar-refractivity contribution is 9.42. The molecule has 0 saturated heterocycles. The summed E-state index contributed by atoms with van der Waals surface area (Å²) in [4.78, 5) is 0. The van der Waals surface area contributed by atoms with E-state index in [9.17, 15) is 0 Å². The van der Waals surface area contributed by atoms with Gasteiger partial charge in [0.25, 0.3) is 0 Å². The molecule has 0 aliphatic carbocycles. The SMILES string of the molecule is C=CP(C)PBr. The first-order chi connectivity index (χ1) is 2.81. The minimum Gasteiger partial charge on any atom is -0.0982 e. The first kappa shape index (κ1) is 7.08. The molecule has 0 aromatic carbocycles. The van der Waals surface area contributed by atoms with Gasteiger partial charge in [-0.1, -0.05) is 35.5 Å². The summed E-state index contributed by atoms with van der Waals surface area (Å²) in [6, 6.07) is 0. The van der Waals surface area contributed by atoms with Crippen LogP contribution >= 0.6 is 30.1 Å². The highest BCUT2D eigenvalue weighted by Gasteiger charge is 1.84. The Morgan fingerprint density at radius 2 is 2.50 bits per heavy atom. The van der Waals surface area contributed by atoms with Gasteiger partial charge in [-0.2, -0.15) is 0 Å². The third-order valence-electron chi connectivity index (χ3n) is 0.407. The Bertz CT molecular complexity index is 46.1. The summed E-state index contributed by atoms with van der Waals surface area (Å²) in [7, 11) is 0.132. The molecule has 0 spiro atoms. The molecule has 2 unspecified atom stereocenters. The Balaban J connectivity index is 2.96. The van der Waals surface area contributed by atoms with E-state index in [1.54, 1.807) is 0 Å². The molecule has 0 radical (unpaired) electrons. The molecule has 0 nitrogen and oxygen atoms in total. The fraction of sp³-hybridized carbons (Fsp3) is 0.333. The number of hydrogen-bond acceptors (Lipinski definition) is 0. The van der Waals surface area contributed by atoms with Crippen molar-refractivity contribution in [1.82, 2.24) is 0 Å². The van der Waals surface area contributed by atoms with Gasteiger partial charge in [0.2, 0.25) is 0 Å².